The van der Waals surface area contributed by atoms with Crippen molar-refractivity contribution in [3.8, 4) is 17.1 Å². The zero-order valence-electron chi connectivity index (χ0n) is 11.0. The molecule has 3 aromatic rings. The molecule has 1 heterocycles. The Labute approximate surface area is 120 Å². The summed E-state index contributed by atoms with van der Waals surface area (Å²) in [6.45, 7) is 0.390. The van der Waals surface area contributed by atoms with Crippen molar-refractivity contribution in [1.29, 1.82) is 0 Å². The number of phenols is 1. The molecule has 2 aromatic carbocycles. The molecule has 0 spiro atoms. The summed E-state index contributed by atoms with van der Waals surface area (Å²) in [7, 11) is 0. The summed E-state index contributed by atoms with van der Waals surface area (Å²) in [5.74, 6) is -1.11. The fourth-order valence-electron chi connectivity index (χ4n) is 2.16. The van der Waals surface area contributed by atoms with Gasteiger partial charge in [0.25, 0.3) is 0 Å². The molecule has 21 heavy (non-hydrogen) atoms. The number of para-hydroxylation sites is 1. The number of hydrogen-bond donors (Lipinski definition) is 1. The summed E-state index contributed by atoms with van der Waals surface area (Å²) in [6, 6.07) is 10.6. The van der Waals surface area contributed by atoms with Crippen molar-refractivity contribution in [3.05, 3.63) is 72.1 Å². The van der Waals surface area contributed by atoms with Gasteiger partial charge in [-0.2, -0.15) is 0 Å². The average molecular weight is 286 g/mol. The van der Waals surface area contributed by atoms with Gasteiger partial charge in [0.05, 0.1) is 6.54 Å². The lowest BCUT2D eigenvalue weighted by molar-refractivity contribution is 0.466. The molecule has 0 aliphatic rings. The largest absolute Gasteiger partial charge is 0.508 e. The Kier molecular flexibility index (Phi) is 3.39. The molecule has 0 atom stereocenters. The van der Waals surface area contributed by atoms with E-state index in [9.17, 15) is 13.9 Å². The molecule has 3 rings (SSSR count). The third-order valence-electron chi connectivity index (χ3n) is 3.23. The van der Waals surface area contributed by atoms with Crippen molar-refractivity contribution in [1.82, 2.24) is 9.55 Å². The normalized spacial score (nSPS) is 10.8. The van der Waals surface area contributed by atoms with Gasteiger partial charge in [-0.05, 0) is 24.3 Å². The minimum atomic E-state index is -0.912. The Morgan fingerprint density at radius 1 is 1.05 bits per heavy atom. The second kappa shape index (κ2) is 5.36. The second-order valence-corrected chi connectivity index (χ2v) is 4.64. The smallest absolute Gasteiger partial charge is 0.159 e. The maximum absolute atomic E-state index is 13.3. The van der Waals surface area contributed by atoms with Crippen LogP contribution < -0.4 is 0 Å². The van der Waals surface area contributed by atoms with E-state index in [1.165, 1.54) is 6.07 Å². The van der Waals surface area contributed by atoms with Gasteiger partial charge in [-0.3, -0.25) is 0 Å². The Morgan fingerprint density at radius 3 is 2.62 bits per heavy atom. The predicted octanol–water partition coefficient (Wildman–Crippen LogP) is 3.58. The van der Waals surface area contributed by atoms with Crippen LogP contribution in [-0.2, 0) is 6.54 Å². The maximum Gasteiger partial charge on any atom is 0.159 e. The molecule has 5 heteroatoms. The van der Waals surface area contributed by atoms with Crippen LogP contribution in [-0.4, -0.2) is 14.7 Å². The molecule has 3 nitrogen and oxygen atoms in total. The molecular weight excluding hydrogens is 274 g/mol. The molecule has 0 saturated heterocycles. The quantitative estimate of drug-likeness (QED) is 0.799. The second-order valence-electron chi connectivity index (χ2n) is 4.64. The number of aromatic hydroxyl groups is 1. The van der Waals surface area contributed by atoms with E-state index in [1.54, 1.807) is 35.2 Å². The topological polar surface area (TPSA) is 38.0 Å². The summed E-state index contributed by atoms with van der Waals surface area (Å²) in [5.41, 5.74) is 1.20. The van der Waals surface area contributed by atoms with E-state index in [0.29, 0.717) is 17.9 Å². The molecule has 0 saturated carbocycles. The van der Waals surface area contributed by atoms with Gasteiger partial charge in [0.1, 0.15) is 11.6 Å². The molecule has 0 aliphatic carbocycles. The highest BCUT2D eigenvalue weighted by molar-refractivity contribution is 5.56. The maximum atomic E-state index is 13.3. The Bertz CT molecular complexity index is 783. The summed E-state index contributed by atoms with van der Waals surface area (Å²) < 4.78 is 28.1. The Balaban J connectivity index is 1.97. The molecule has 0 bridgehead atoms. The molecule has 1 aromatic heterocycles. The first-order valence-electron chi connectivity index (χ1n) is 6.38. The molecule has 0 unspecified atom stereocenters. The highest BCUT2D eigenvalue weighted by Crippen LogP contribution is 2.23. The average Bonchev–Trinajstić information content (AvgIpc) is 2.93. The van der Waals surface area contributed by atoms with Gasteiger partial charge in [-0.25, -0.2) is 13.8 Å². The van der Waals surface area contributed by atoms with Crippen LogP contribution in [0.4, 0.5) is 8.78 Å². The van der Waals surface area contributed by atoms with Gasteiger partial charge in [-0.15, -0.1) is 0 Å². The third-order valence-corrected chi connectivity index (χ3v) is 3.23. The van der Waals surface area contributed by atoms with Crippen LogP contribution in [0.1, 0.15) is 5.56 Å². The van der Waals surface area contributed by atoms with Crippen LogP contribution in [0, 0.1) is 11.6 Å². The number of phenolic OH excluding ortho intramolecular Hbond substituents is 1. The van der Waals surface area contributed by atoms with E-state index < -0.39 is 11.6 Å². The van der Waals surface area contributed by atoms with E-state index in [4.69, 9.17) is 0 Å². The number of nitrogens with zero attached hydrogens (tertiary/aromatic N) is 2. The minimum absolute atomic E-state index is 0.183. The SMILES string of the molecule is Oc1ccccc1Cn1ccnc1-c1ccc(F)c(F)c1. The molecule has 106 valence electrons. The molecule has 0 fully saturated rings. The van der Waals surface area contributed by atoms with Crippen molar-refractivity contribution in [2.75, 3.05) is 0 Å². The number of hydrogen-bond acceptors (Lipinski definition) is 2. The molecule has 0 aliphatic heterocycles. The van der Waals surface area contributed by atoms with Crippen molar-refractivity contribution in [2.45, 2.75) is 6.54 Å². The number of halogens is 2. The summed E-state index contributed by atoms with van der Waals surface area (Å²) in [5, 5.41) is 9.81. The fourth-order valence-corrected chi connectivity index (χ4v) is 2.16. The molecule has 0 amide bonds. The van der Waals surface area contributed by atoms with Crippen LogP contribution in [0.3, 0.4) is 0 Å². The zero-order chi connectivity index (χ0) is 14.8. The first-order chi connectivity index (χ1) is 10.1. The van der Waals surface area contributed by atoms with Gasteiger partial charge in [0.2, 0.25) is 0 Å². The van der Waals surface area contributed by atoms with E-state index >= 15 is 0 Å². The van der Waals surface area contributed by atoms with Gasteiger partial charge in [0, 0.05) is 23.5 Å². The first kappa shape index (κ1) is 13.3. The number of benzene rings is 2. The third kappa shape index (κ3) is 2.63. The van der Waals surface area contributed by atoms with Gasteiger partial charge in [0.15, 0.2) is 11.6 Å². The highest BCUT2D eigenvalue weighted by Gasteiger charge is 2.11. The van der Waals surface area contributed by atoms with Crippen LogP contribution in [0.2, 0.25) is 0 Å². The monoisotopic (exact) mass is 286 g/mol. The van der Waals surface area contributed by atoms with Crippen molar-refractivity contribution in [3.63, 3.8) is 0 Å². The Morgan fingerprint density at radius 2 is 1.86 bits per heavy atom. The molecule has 0 radical (unpaired) electrons. The van der Waals surface area contributed by atoms with Crippen LogP contribution in [0.25, 0.3) is 11.4 Å². The number of imidazole rings is 1. The van der Waals surface area contributed by atoms with E-state index in [2.05, 4.69) is 4.98 Å². The molecule has 1 N–H and O–H groups in total. The first-order valence-corrected chi connectivity index (χ1v) is 6.38. The number of aromatic nitrogens is 2. The van der Waals surface area contributed by atoms with Crippen LogP contribution in [0.5, 0.6) is 5.75 Å². The Hall–Kier alpha value is -2.69. The highest BCUT2D eigenvalue weighted by atomic mass is 19.2. The zero-order valence-corrected chi connectivity index (χ0v) is 11.0. The lowest BCUT2D eigenvalue weighted by Crippen LogP contribution is -2.01. The summed E-state index contributed by atoms with van der Waals surface area (Å²) >= 11 is 0. The van der Waals surface area contributed by atoms with Gasteiger partial charge >= 0.3 is 0 Å². The van der Waals surface area contributed by atoms with Gasteiger partial charge in [-0.1, -0.05) is 18.2 Å². The summed E-state index contributed by atoms with van der Waals surface area (Å²) in [6.07, 6.45) is 3.31. The predicted molar refractivity (Wildman–Crippen MR) is 74.8 cm³/mol. The van der Waals surface area contributed by atoms with Crippen molar-refractivity contribution >= 4 is 0 Å². The fraction of sp³-hybridized carbons (Fsp3) is 0.0625. The lowest BCUT2D eigenvalue weighted by atomic mass is 10.1. The summed E-state index contributed by atoms with van der Waals surface area (Å²) in [4.78, 5) is 4.18. The van der Waals surface area contributed by atoms with Gasteiger partial charge < -0.3 is 9.67 Å². The minimum Gasteiger partial charge on any atom is -0.508 e. The number of rotatable bonds is 3. The molecular formula is C16H12F2N2O. The van der Waals surface area contributed by atoms with E-state index in [-0.39, 0.29) is 5.75 Å². The van der Waals surface area contributed by atoms with Crippen molar-refractivity contribution < 1.29 is 13.9 Å². The standard InChI is InChI=1S/C16H12F2N2O/c17-13-6-5-11(9-14(13)18)16-19-7-8-20(16)10-12-3-1-2-4-15(12)21/h1-9,21H,10H2. The van der Waals surface area contributed by atoms with Crippen molar-refractivity contribution in [2.24, 2.45) is 0 Å². The van der Waals surface area contributed by atoms with Crippen LogP contribution in [0.15, 0.2) is 54.9 Å². The van der Waals surface area contributed by atoms with E-state index in [0.717, 1.165) is 17.7 Å². The van der Waals surface area contributed by atoms with Crippen LogP contribution >= 0.6 is 0 Å². The lowest BCUT2D eigenvalue weighted by Gasteiger charge is -2.09. The van der Waals surface area contributed by atoms with E-state index in [1.807, 2.05) is 6.07 Å².